The summed E-state index contributed by atoms with van der Waals surface area (Å²) in [4.78, 5) is 2.31. The van der Waals surface area contributed by atoms with E-state index in [4.69, 9.17) is 11.5 Å². The van der Waals surface area contributed by atoms with Gasteiger partial charge in [0.2, 0.25) is 0 Å². The second-order valence-electron chi connectivity index (χ2n) is 4.14. The van der Waals surface area contributed by atoms with Crippen molar-refractivity contribution >= 4 is 17.6 Å². The quantitative estimate of drug-likeness (QED) is 0.683. The number of phenolic OH excluding ortho intramolecular Hbond substituents is 1. The Balaban J connectivity index is 2.51. The molecule has 2 rings (SSSR count). The largest absolute Gasteiger partial charge is 0.507 e. The molecular weight excluding hydrogens is 271 g/mol. The molecule has 2 aromatic rings. The average Bonchev–Trinajstić information content (AvgIpc) is 2.71. The number of H-pyrrole nitrogens is 1. The summed E-state index contributed by atoms with van der Waals surface area (Å²) in [6, 6.07) is 6.08. The highest BCUT2D eigenvalue weighted by molar-refractivity contribution is 5.85. The van der Waals surface area contributed by atoms with Crippen molar-refractivity contribution in [2.24, 2.45) is 5.73 Å². The van der Waals surface area contributed by atoms with Gasteiger partial charge in [-0.25, -0.2) is 0 Å². The molecule has 0 aliphatic heterocycles. The Morgan fingerprint density at radius 2 is 1.90 bits per heavy atom. The van der Waals surface area contributed by atoms with Gasteiger partial charge in [0, 0.05) is 23.0 Å². The third-order valence-corrected chi connectivity index (χ3v) is 2.77. The lowest BCUT2D eigenvalue weighted by Crippen LogP contribution is -2.06. The van der Waals surface area contributed by atoms with Gasteiger partial charge in [-0.3, -0.25) is 0 Å². The van der Waals surface area contributed by atoms with Gasteiger partial charge in [0.15, 0.2) is 0 Å². The highest BCUT2D eigenvalue weighted by Crippen LogP contribution is 2.36. The number of alkyl halides is 3. The van der Waals surface area contributed by atoms with Gasteiger partial charge in [-0.1, -0.05) is 12.1 Å². The van der Waals surface area contributed by atoms with E-state index in [0.29, 0.717) is 0 Å². The van der Waals surface area contributed by atoms with E-state index in [0.717, 1.165) is 12.3 Å². The summed E-state index contributed by atoms with van der Waals surface area (Å²) in [7, 11) is 0. The van der Waals surface area contributed by atoms with Crippen LogP contribution in [-0.4, -0.2) is 10.1 Å². The van der Waals surface area contributed by atoms with E-state index in [-0.39, 0.29) is 28.4 Å². The maximum absolute atomic E-state index is 12.8. The topological polar surface area (TPSA) is 88.1 Å². The highest BCUT2D eigenvalue weighted by Gasteiger charge is 2.34. The molecule has 7 heteroatoms. The minimum absolute atomic E-state index is 0.0140. The normalized spacial score (nSPS) is 12.7. The zero-order valence-electron chi connectivity index (χ0n) is 10.2. The van der Waals surface area contributed by atoms with E-state index >= 15 is 0 Å². The minimum atomic E-state index is -4.54. The van der Waals surface area contributed by atoms with Gasteiger partial charge in [-0.2, -0.15) is 13.2 Å². The van der Waals surface area contributed by atoms with Gasteiger partial charge in [0.1, 0.15) is 11.6 Å². The fraction of sp³-hybridized carbons (Fsp3) is 0.0769. The summed E-state index contributed by atoms with van der Waals surface area (Å²) in [6.45, 7) is 0. The standard InChI is InChI=1S/C13H12F3N3O/c14-13(15,16)9-6-19-12(18)8(9)5-10(17)7-3-1-2-4-11(7)20/h1-6,19-20H,17-18H2/b10-5-. The SMILES string of the molecule is N/C(=C\c1c(C(F)(F)F)c[nH]c1N)c1ccccc1O. The molecule has 6 N–H and O–H groups in total. The predicted molar refractivity (Wildman–Crippen MR) is 70.4 cm³/mol. The van der Waals surface area contributed by atoms with E-state index in [1.165, 1.54) is 12.1 Å². The van der Waals surface area contributed by atoms with Crippen LogP contribution >= 0.6 is 0 Å². The number of aromatic nitrogens is 1. The molecule has 0 saturated carbocycles. The Bertz CT molecular complexity index is 659. The van der Waals surface area contributed by atoms with Crippen molar-refractivity contribution in [3.05, 3.63) is 47.2 Å². The lowest BCUT2D eigenvalue weighted by molar-refractivity contribution is -0.137. The monoisotopic (exact) mass is 283 g/mol. The molecule has 1 aromatic heterocycles. The number of phenols is 1. The second-order valence-corrected chi connectivity index (χ2v) is 4.14. The van der Waals surface area contributed by atoms with E-state index in [1.807, 2.05) is 0 Å². The zero-order valence-corrected chi connectivity index (χ0v) is 10.2. The Morgan fingerprint density at radius 3 is 2.50 bits per heavy atom. The van der Waals surface area contributed by atoms with Crippen LogP contribution in [0, 0.1) is 0 Å². The van der Waals surface area contributed by atoms with Crippen LogP contribution in [0.25, 0.3) is 11.8 Å². The van der Waals surface area contributed by atoms with E-state index in [1.54, 1.807) is 12.1 Å². The first-order valence-electron chi connectivity index (χ1n) is 5.60. The predicted octanol–water partition coefficient (Wildman–Crippen LogP) is 2.78. The number of hydrogen-bond donors (Lipinski definition) is 4. The van der Waals surface area contributed by atoms with Crippen molar-refractivity contribution in [2.45, 2.75) is 6.18 Å². The molecule has 1 heterocycles. The molecular formula is C13H12F3N3O. The molecule has 20 heavy (non-hydrogen) atoms. The van der Waals surface area contributed by atoms with Crippen molar-refractivity contribution in [3.8, 4) is 5.75 Å². The van der Waals surface area contributed by atoms with Crippen molar-refractivity contribution in [1.82, 2.24) is 4.98 Å². The number of rotatable bonds is 2. The number of aromatic hydroxyl groups is 1. The number of anilines is 1. The van der Waals surface area contributed by atoms with Crippen molar-refractivity contribution in [2.75, 3.05) is 5.73 Å². The number of nitrogens with one attached hydrogen (secondary N) is 1. The van der Waals surface area contributed by atoms with Crippen LogP contribution in [0.1, 0.15) is 16.7 Å². The first-order chi connectivity index (χ1) is 9.30. The Hall–Kier alpha value is -2.57. The molecule has 1 aromatic carbocycles. The van der Waals surface area contributed by atoms with Gasteiger partial charge in [0.25, 0.3) is 0 Å². The smallest absolute Gasteiger partial charge is 0.418 e. The van der Waals surface area contributed by atoms with Crippen molar-refractivity contribution in [1.29, 1.82) is 0 Å². The molecule has 0 unspecified atom stereocenters. The fourth-order valence-electron chi connectivity index (χ4n) is 1.79. The summed E-state index contributed by atoms with van der Waals surface area (Å²) < 4.78 is 38.4. The van der Waals surface area contributed by atoms with Gasteiger partial charge in [0.05, 0.1) is 5.56 Å². The molecule has 0 radical (unpaired) electrons. The first kappa shape index (κ1) is 13.9. The molecule has 4 nitrogen and oxygen atoms in total. The molecule has 0 aliphatic carbocycles. The van der Waals surface area contributed by atoms with Crippen molar-refractivity contribution < 1.29 is 18.3 Å². The van der Waals surface area contributed by atoms with Crippen LogP contribution < -0.4 is 11.5 Å². The van der Waals surface area contributed by atoms with Gasteiger partial charge >= 0.3 is 6.18 Å². The van der Waals surface area contributed by atoms with E-state index < -0.39 is 11.7 Å². The van der Waals surface area contributed by atoms with Gasteiger partial charge in [-0.05, 0) is 18.2 Å². The molecule has 0 atom stereocenters. The fourth-order valence-corrected chi connectivity index (χ4v) is 1.79. The maximum Gasteiger partial charge on any atom is 0.418 e. The Labute approximate surface area is 112 Å². The van der Waals surface area contributed by atoms with E-state index in [9.17, 15) is 18.3 Å². The van der Waals surface area contributed by atoms with E-state index in [2.05, 4.69) is 4.98 Å². The maximum atomic E-state index is 12.8. The van der Waals surface area contributed by atoms with Crippen LogP contribution in [0.15, 0.2) is 30.5 Å². The summed E-state index contributed by atoms with van der Waals surface area (Å²) in [5, 5.41) is 9.63. The number of para-hydroxylation sites is 1. The highest BCUT2D eigenvalue weighted by atomic mass is 19.4. The summed E-state index contributed by atoms with van der Waals surface area (Å²) in [5.41, 5.74) is 10.3. The summed E-state index contributed by atoms with van der Waals surface area (Å²) >= 11 is 0. The molecule has 0 aliphatic rings. The number of nitrogens with two attached hydrogens (primary N) is 2. The molecule has 0 fully saturated rings. The second kappa shape index (κ2) is 4.84. The Kier molecular flexibility index (Phi) is 3.35. The third-order valence-electron chi connectivity index (χ3n) is 2.77. The molecule has 0 spiro atoms. The van der Waals surface area contributed by atoms with Crippen LogP contribution in [0.5, 0.6) is 5.75 Å². The van der Waals surface area contributed by atoms with Crippen LogP contribution in [0.2, 0.25) is 0 Å². The molecule has 0 amide bonds. The minimum Gasteiger partial charge on any atom is -0.507 e. The molecule has 0 bridgehead atoms. The van der Waals surface area contributed by atoms with Crippen molar-refractivity contribution in [3.63, 3.8) is 0 Å². The van der Waals surface area contributed by atoms with Crippen LogP contribution in [0.3, 0.4) is 0 Å². The lowest BCUT2D eigenvalue weighted by Gasteiger charge is -2.08. The molecule has 0 saturated heterocycles. The summed E-state index contributed by atoms with van der Waals surface area (Å²) in [6.07, 6.45) is -2.68. The third kappa shape index (κ3) is 2.56. The van der Waals surface area contributed by atoms with Crippen LogP contribution in [-0.2, 0) is 6.18 Å². The number of nitrogen functional groups attached to an aromatic ring is 1. The summed E-state index contributed by atoms with van der Waals surface area (Å²) in [5.74, 6) is -0.264. The zero-order chi connectivity index (χ0) is 14.9. The van der Waals surface area contributed by atoms with Crippen LogP contribution in [0.4, 0.5) is 19.0 Å². The number of aromatic amines is 1. The number of benzene rings is 1. The van der Waals surface area contributed by atoms with Gasteiger partial charge in [-0.15, -0.1) is 0 Å². The average molecular weight is 283 g/mol. The molecule has 106 valence electrons. The Morgan fingerprint density at radius 1 is 1.25 bits per heavy atom. The lowest BCUT2D eigenvalue weighted by atomic mass is 10.1. The number of halogens is 3. The number of hydrogen-bond acceptors (Lipinski definition) is 3. The van der Waals surface area contributed by atoms with Gasteiger partial charge < -0.3 is 21.6 Å². The first-order valence-corrected chi connectivity index (χ1v) is 5.60.